The molecule has 0 aromatic heterocycles. The van der Waals surface area contributed by atoms with Crippen molar-refractivity contribution in [3.63, 3.8) is 0 Å². The van der Waals surface area contributed by atoms with E-state index in [9.17, 15) is 14.7 Å². The molecule has 0 aliphatic rings. The Morgan fingerprint density at radius 1 is 1.50 bits per heavy atom. The van der Waals surface area contributed by atoms with Gasteiger partial charge in [-0.25, -0.2) is 0 Å². The summed E-state index contributed by atoms with van der Waals surface area (Å²) in [4.78, 5) is 19.1. The van der Waals surface area contributed by atoms with Crippen molar-refractivity contribution in [2.24, 2.45) is 0 Å². The fraction of sp³-hybridized carbons (Fsp3) is 0.333. The van der Waals surface area contributed by atoms with Crippen LogP contribution in [0.2, 0.25) is 0 Å². The SMILES string of the molecule is O=C([O-])C(=O)CCl.[Na+]. The third kappa shape index (κ3) is 4.59. The van der Waals surface area contributed by atoms with Crippen LogP contribution in [-0.4, -0.2) is 17.6 Å². The average molecular weight is 144 g/mol. The van der Waals surface area contributed by atoms with Gasteiger partial charge in [0.25, 0.3) is 0 Å². The van der Waals surface area contributed by atoms with Crippen molar-refractivity contribution >= 4 is 23.4 Å². The summed E-state index contributed by atoms with van der Waals surface area (Å²) in [6.45, 7) is 0. The fourth-order valence-corrected chi connectivity index (χ4v) is 0.164. The molecule has 40 valence electrons. The number of hydrogen-bond donors (Lipinski definition) is 0. The van der Waals surface area contributed by atoms with Gasteiger partial charge in [0.2, 0.25) is 0 Å². The van der Waals surface area contributed by atoms with Crippen molar-refractivity contribution in [2.75, 3.05) is 5.88 Å². The van der Waals surface area contributed by atoms with Crippen molar-refractivity contribution in [1.82, 2.24) is 0 Å². The zero-order chi connectivity index (χ0) is 5.86. The number of hydrogen-bond acceptors (Lipinski definition) is 3. The van der Waals surface area contributed by atoms with Crippen LogP contribution in [0.15, 0.2) is 0 Å². The van der Waals surface area contributed by atoms with Gasteiger partial charge in [0.1, 0.15) is 5.97 Å². The first-order chi connectivity index (χ1) is 3.18. The third-order valence-corrected chi connectivity index (χ3v) is 0.592. The normalized spacial score (nSPS) is 7.12. The first-order valence-corrected chi connectivity index (χ1v) is 2.02. The van der Waals surface area contributed by atoms with E-state index >= 15 is 0 Å². The number of Topliss-reactive ketones (excluding diaryl/α,β-unsaturated/α-hetero) is 1. The Bertz CT molecular complexity index is 103. The number of alkyl halides is 1. The Labute approximate surface area is 73.3 Å². The van der Waals surface area contributed by atoms with Gasteiger partial charge in [0, 0.05) is 0 Å². The number of rotatable bonds is 2. The molecule has 0 aliphatic carbocycles. The van der Waals surface area contributed by atoms with E-state index in [2.05, 4.69) is 0 Å². The molecule has 0 heterocycles. The van der Waals surface area contributed by atoms with Crippen molar-refractivity contribution in [2.45, 2.75) is 0 Å². The van der Waals surface area contributed by atoms with Crippen LogP contribution in [-0.2, 0) is 9.59 Å². The standard InChI is InChI=1S/C3H3ClO3.Na/c4-1-2(5)3(6)7;/h1H2,(H,6,7);/q;+1/p-1. The van der Waals surface area contributed by atoms with E-state index in [1.54, 1.807) is 0 Å². The molecule has 0 rings (SSSR count). The maximum atomic E-state index is 9.72. The number of carboxylic acid groups (broad SMARTS) is 1. The molecule has 0 saturated heterocycles. The summed E-state index contributed by atoms with van der Waals surface area (Å²) >= 11 is 4.78. The molecule has 3 nitrogen and oxygen atoms in total. The molecule has 0 unspecified atom stereocenters. The molecule has 0 N–H and O–H groups in total. The van der Waals surface area contributed by atoms with Crippen LogP contribution in [0.4, 0.5) is 0 Å². The predicted molar refractivity (Wildman–Crippen MR) is 20.7 cm³/mol. The van der Waals surface area contributed by atoms with E-state index in [1.165, 1.54) is 0 Å². The van der Waals surface area contributed by atoms with Gasteiger partial charge in [0.05, 0.1) is 5.88 Å². The van der Waals surface area contributed by atoms with Crippen molar-refractivity contribution in [1.29, 1.82) is 0 Å². The van der Waals surface area contributed by atoms with E-state index in [0.717, 1.165) is 0 Å². The second-order valence-electron chi connectivity index (χ2n) is 0.844. The minimum Gasteiger partial charge on any atom is -0.542 e. The minimum absolute atomic E-state index is 0. The van der Waals surface area contributed by atoms with Crippen LogP contribution in [0, 0.1) is 0 Å². The second-order valence-corrected chi connectivity index (χ2v) is 1.11. The van der Waals surface area contributed by atoms with Crippen LogP contribution in [0.5, 0.6) is 0 Å². The molecule has 8 heavy (non-hydrogen) atoms. The Morgan fingerprint density at radius 2 is 1.88 bits per heavy atom. The Balaban J connectivity index is 0. The molecule has 0 fully saturated rings. The van der Waals surface area contributed by atoms with E-state index < -0.39 is 17.6 Å². The summed E-state index contributed by atoms with van der Waals surface area (Å²) in [5.41, 5.74) is 0. The summed E-state index contributed by atoms with van der Waals surface area (Å²) in [5, 5.41) is 9.39. The molecular formula is C3H2ClNaO3. The third-order valence-electron chi connectivity index (χ3n) is 0.349. The number of halogens is 1. The summed E-state index contributed by atoms with van der Waals surface area (Å²) in [7, 11) is 0. The average Bonchev–Trinajstić information content (AvgIpc) is 1.65. The van der Waals surface area contributed by atoms with Crippen LogP contribution >= 0.6 is 11.6 Å². The maximum Gasteiger partial charge on any atom is 1.00 e. The van der Waals surface area contributed by atoms with Gasteiger partial charge in [-0.05, 0) is 0 Å². The topological polar surface area (TPSA) is 57.2 Å². The molecule has 0 aromatic carbocycles. The number of carbonyl (C=O) groups is 2. The maximum absolute atomic E-state index is 9.72. The molecule has 0 spiro atoms. The number of aliphatic carboxylic acids is 1. The zero-order valence-electron chi connectivity index (χ0n) is 4.31. The fourth-order valence-electron chi connectivity index (χ4n) is 0.0546. The van der Waals surface area contributed by atoms with Gasteiger partial charge in [-0.2, -0.15) is 0 Å². The second kappa shape index (κ2) is 5.56. The minimum atomic E-state index is -1.73. The summed E-state index contributed by atoms with van der Waals surface area (Å²) < 4.78 is 0. The molecule has 0 aliphatic heterocycles. The molecule has 0 aromatic rings. The Kier molecular flexibility index (Phi) is 7.83. The Morgan fingerprint density at radius 3 is 1.88 bits per heavy atom. The van der Waals surface area contributed by atoms with Gasteiger partial charge in [0.15, 0.2) is 5.78 Å². The van der Waals surface area contributed by atoms with Gasteiger partial charge in [-0.3, -0.25) is 4.79 Å². The number of ketones is 1. The van der Waals surface area contributed by atoms with Crippen molar-refractivity contribution in [3.8, 4) is 0 Å². The molecule has 0 radical (unpaired) electrons. The number of carboxylic acids is 1. The molecule has 0 amide bonds. The summed E-state index contributed by atoms with van der Waals surface area (Å²) in [5.74, 6) is -3.32. The van der Waals surface area contributed by atoms with Gasteiger partial charge in [-0.1, -0.05) is 0 Å². The van der Waals surface area contributed by atoms with E-state index in [-0.39, 0.29) is 29.6 Å². The van der Waals surface area contributed by atoms with Crippen molar-refractivity contribution < 1.29 is 44.3 Å². The van der Waals surface area contributed by atoms with Crippen LogP contribution in [0.25, 0.3) is 0 Å². The quantitative estimate of drug-likeness (QED) is 0.223. The van der Waals surface area contributed by atoms with Gasteiger partial charge in [-0.15, -0.1) is 11.6 Å². The van der Waals surface area contributed by atoms with Crippen molar-refractivity contribution in [3.05, 3.63) is 0 Å². The molecule has 0 bridgehead atoms. The summed E-state index contributed by atoms with van der Waals surface area (Å²) in [6, 6.07) is 0. The van der Waals surface area contributed by atoms with E-state index in [0.29, 0.717) is 0 Å². The molecule has 0 atom stereocenters. The first kappa shape index (κ1) is 11.3. The van der Waals surface area contributed by atoms with E-state index in [1.807, 2.05) is 0 Å². The zero-order valence-corrected chi connectivity index (χ0v) is 7.07. The molecular weight excluding hydrogens is 142 g/mol. The monoisotopic (exact) mass is 144 g/mol. The molecule has 0 saturated carbocycles. The van der Waals surface area contributed by atoms with Crippen LogP contribution in [0.3, 0.4) is 0 Å². The predicted octanol–water partition coefficient (Wildman–Crippen LogP) is -4.45. The summed E-state index contributed by atoms with van der Waals surface area (Å²) in [6.07, 6.45) is 0. The van der Waals surface area contributed by atoms with Gasteiger partial charge >= 0.3 is 29.6 Å². The van der Waals surface area contributed by atoms with Gasteiger partial charge < -0.3 is 9.90 Å². The Hall–Kier alpha value is 0.430. The first-order valence-electron chi connectivity index (χ1n) is 1.48. The van der Waals surface area contributed by atoms with E-state index in [4.69, 9.17) is 11.6 Å². The largest absolute Gasteiger partial charge is 1.00 e. The number of carbonyl (C=O) groups excluding carboxylic acids is 2. The molecule has 5 heteroatoms. The van der Waals surface area contributed by atoms with Crippen LogP contribution < -0.4 is 34.7 Å². The smallest absolute Gasteiger partial charge is 0.542 e. The van der Waals surface area contributed by atoms with Crippen LogP contribution in [0.1, 0.15) is 0 Å².